The smallest absolute Gasteiger partial charge is 0.395 e. The fourth-order valence-electron chi connectivity index (χ4n) is 2.08. The highest BCUT2D eigenvalue weighted by Crippen LogP contribution is 2.23. The zero-order valence-corrected chi connectivity index (χ0v) is 13.1. The molecule has 24 heavy (non-hydrogen) atoms. The molecule has 126 valence electrons. The summed E-state index contributed by atoms with van der Waals surface area (Å²) in [6.45, 7) is 3.47. The van der Waals surface area contributed by atoms with E-state index in [1.807, 2.05) is 26.0 Å². The normalized spacial score (nSPS) is 10.5. The van der Waals surface area contributed by atoms with E-state index in [9.17, 15) is 19.7 Å². The number of rotatable bonds is 6. The SMILES string of the molecule is CC(C)c1ccccc1NC(=O)COc1nc[nH]c(=O)c1[N+](=O)[O-]. The van der Waals surface area contributed by atoms with Crippen molar-refractivity contribution in [2.75, 3.05) is 11.9 Å². The molecule has 1 aromatic heterocycles. The lowest BCUT2D eigenvalue weighted by Crippen LogP contribution is -2.23. The summed E-state index contributed by atoms with van der Waals surface area (Å²) in [4.78, 5) is 39.0. The molecule has 2 rings (SSSR count). The molecule has 0 spiro atoms. The number of anilines is 1. The second-order valence-corrected chi connectivity index (χ2v) is 5.22. The van der Waals surface area contributed by atoms with Gasteiger partial charge in [0, 0.05) is 5.69 Å². The first-order valence-electron chi connectivity index (χ1n) is 7.13. The maximum absolute atomic E-state index is 12.0. The summed E-state index contributed by atoms with van der Waals surface area (Å²) in [5.74, 6) is -0.812. The Bertz CT molecular complexity index is 816. The van der Waals surface area contributed by atoms with E-state index in [0.717, 1.165) is 11.9 Å². The summed E-state index contributed by atoms with van der Waals surface area (Å²) >= 11 is 0. The van der Waals surface area contributed by atoms with E-state index in [1.54, 1.807) is 12.1 Å². The van der Waals surface area contributed by atoms with Gasteiger partial charge in [0.15, 0.2) is 6.61 Å². The van der Waals surface area contributed by atoms with Crippen molar-refractivity contribution in [1.82, 2.24) is 9.97 Å². The summed E-state index contributed by atoms with van der Waals surface area (Å²) in [6.07, 6.45) is 0.969. The van der Waals surface area contributed by atoms with Crippen molar-refractivity contribution in [3.63, 3.8) is 0 Å². The van der Waals surface area contributed by atoms with Gasteiger partial charge in [0.25, 0.3) is 5.91 Å². The highest BCUT2D eigenvalue weighted by Gasteiger charge is 2.23. The van der Waals surface area contributed by atoms with Crippen LogP contribution in [0.1, 0.15) is 25.3 Å². The first-order valence-corrected chi connectivity index (χ1v) is 7.13. The van der Waals surface area contributed by atoms with Crippen LogP contribution in [0.5, 0.6) is 5.88 Å². The summed E-state index contributed by atoms with van der Waals surface area (Å²) in [6, 6.07) is 7.29. The van der Waals surface area contributed by atoms with E-state index in [1.165, 1.54) is 0 Å². The fraction of sp³-hybridized carbons (Fsp3) is 0.267. The van der Waals surface area contributed by atoms with Gasteiger partial charge in [0.2, 0.25) is 0 Å². The zero-order chi connectivity index (χ0) is 17.7. The van der Waals surface area contributed by atoms with Crippen LogP contribution in [0.4, 0.5) is 11.4 Å². The van der Waals surface area contributed by atoms with Crippen molar-refractivity contribution in [3.05, 3.63) is 56.6 Å². The summed E-state index contributed by atoms with van der Waals surface area (Å²) in [7, 11) is 0. The Labute approximate surface area is 136 Å². The Balaban J connectivity index is 2.09. The highest BCUT2D eigenvalue weighted by atomic mass is 16.6. The molecule has 0 bridgehead atoms. The van der Waals surface area contributed by atoms with Gasteiger partial charge in [-0.05, 0) is 17.5 Å². The standard InChI is InChI=1S/C15H16N4O5/c1-9(2)10-5-3-4-6-11(10)18-12(20)7-24-15-13(19(22)23)14(21)16-8-17-15/h3-6,8-9H,7H2,1-2H3,(H,18,20)(H,16,17,21). The molecule has 0 aliphatic carbocycles. The highest BCUT2D eigenvalue weighted by molar-refractivity contribution is 5.92. The average molecular weight is 332 g/mol. The van der Waals surface area contributed by atoms with Gasteiger partial charge >= 0.3 is 17.1 Å². The fourth-order valence-corrected chi connectivity index (χ4v) is 2.08. The topological polar surface area (TPSA) is 127 Å². The number of nitrogens with one attached hydrogen (secondary N) is 2. The minimum Gasteiger partial charge on any atom is -0.462 e. The van der Waals surface area contributed by atoms with Crippen LogP contribution in [0.25, 0.3) is 0 Å². The lowest BCUT2D eigenvalue weighted by atomic mass is 10.0. The molecule has 2 N–H and O–H groups in total. The quantitative estimate of drug-likeness (QED) is 0.613. The Morgan fingerprint density at radius 3 is 2.79 bits per heavy atom. The molecule has 0 radical (unpaired) electrons. The van der Waals surface area contributed by atoms with E-state index >= 15 is 0 Å². The number of nitrogens with zero attached hydrogens (tertiary/aromatic N) is 2. The molecule has 1 amide bonds. The maximum atomic E-state index is 12.0. The second-order valence-electron chi connectivity index (χ2n) is 5.22. The van der Waals surface area contributed by atoms with Gasteiger partial charge in [0.05, 0.1) is 11.3 Å². The number of aromatic nitrogens is 2. The Hall–Kier alpha value is -3.23. The average Bonchev–Trinajstić information content (AvgIpc) is 2.52. The summed E-state index contributed by atoms with van der Waals surface area (Å²) < 4.78 is 5.03. The van der Waals surface area contributed by atoms with Gasteiger partial charge in [-0.3, -0.25) is 19.7 Å². The number of benzene rings is 1. The number of nitro groups is 1. The first kappa shape index (κ1) is 17.1. The van der Waals surface area contributed by atoms with Crippen LogP contribution in [0.3, 0.4) is 0 Å². The lowest BCUT2D eigenvalue weighted by Gasteiger charge is -2.13. The number of ether oxygens (including phenoxy) is 1. The second kappa shape index (κ2) is 7.36. The van der Waals surface area contributed by atoms with Crippen LogP contribution >= 0.6 is 0 Å². The van der Waals surface area contributed by atoms with Crippen molar-refractivity contribution in [1.29, 1.82) is 0 Å². The number of hydrogen-bond acceptors (Lipinski definition) is 6. The molecule has 0 aliphatic rings. The molecule has 1 aromatic carbocycles. The molecular weight excluding hydrogens is 316 g/mol. The van der Waals surface area contributed by atoms with Crippen LogP contribution in [-0.2, 0) is 4.79 Å². The zero-order valence-electron chi connectivity index (χ0n) is 13.1. The molecular formula is C15H16N4O5. The van der Waals surface area contributed by atoms with Crippen LogP contribution < -0.4 is 15.6 Å². The van der Waals surface area contributed by atoms with Crippen molar-refractivity contribution in [2.24, 2.45) is 0 Å². The van der Waals surface area contributed by atoms with Crippen molar-refractivity contribution >= 4 is 17.3 Å². The molecule has 9 heteroatoms. The van der Waals surface area contributed by atoms with Crippen LogP contribution in [-0.4, -0.2) is 27.4 Å². The number of para-hydroxylation sites is 1. The number of H-pyrrole nitrogens is 1. The number of hydrogen-bond donors (Lipinski definition) is 2. The first-order chi connectivity index (χ1) is 11.4. The molecule has 0 saturated heterocycles. The van der Waals surface area contributed by atoms with E-state index in [4.69, 9.17) is 4.74 Å². The van der Waals surface area contributed by atoms with Crippen molar-refractivity contribution < 1.29 is 14.5 Å². The minimum atomic E-state index is -0.949. The van der Waals surface area contributed by atoms with Gasteiger partial charge in [-0.2, -0.15) is 4.98 Å². The van der Waals surface area contributed by atoms with E-state index in [2.05, 4.69) is 15.3 Å². The Kier molecular flexibility index (Phi) is 5.25. The number of carbonyl (C=O) groups excluding carboxylic acids is 1. The van der Waals surface area contributed by atoms with Crippen molar-refractivity contribution in [2.45, 2.75) is 19.8 Å². The summed E-state index contributed by atoms with van der Waals surface area (Å²) in [5, 5.41) is 13.5. The Morgan fingerprint density at radius 2 is 2.12 bits per heavy atom. The van der Waals surface area contributed by atoms with Gasteiger partial charge < -0.3 is 15.0 Å². The largest absolute Gasteiger partial charge is 0.462 e. The maximum Gasteiger partial charge on any atom is 0.395 e. The van der Waals surface area contributed by atoms with E-state index in [-0.39, 0.29) is 5.92 Å². The number of amides is 1. The van der Waals surface area contributed by atoms with Crippen molar-refractivity contribution in [3.8, 4) is 5.88 Å². The third-order valence-electron chi connectivity index (χ3n) is 3.17. The van der Waals surface area contributed by atoms with E-state index in [0.29, 0.717) is 5.69 Å². The third kappa shape index (κ3) is 3.94. The third-order valence-corrected chi connectivity index (χ3v) is 3.17. The van der Waals surface area contributed by atoms with Gasteiger partial charge in [0.1, 0.15) is 0 Å². The van der Waals surface area contributed by atoms with Gasteiger partial charge in [-0.15, -0.1) is 0 Å². The molecule has 9 nitrogen and oxygen atoms in total. The number of aromatic amines is 1. The van der Waals surface area contributed by atoms with E-state index < -0.39 is 34.6 Å². The lowest BCUT2D eigenvalue weighted by molar-refractivity contribution is -0.387. The predicted molar refractivity (Wildman–Crippen MR) is 86.2 cm³/mol. The van der Waals surface area contributed by atoms with Crippen LogP contribution in [0, 0.1) is 10.1 Å². The van der Waals surface area contributed by atoms with Crippen LogP contribution in [0.15, 0.2) is 35.4 Å². The van der Waals surface area contributed by atoms with Crippen LogP contribution in [0.2, 0.25) is 0 Å². The predicted octanol–water partition coefficient (Wildman–Crippen LogP) is 1.82. The monoisotopic (exact) mass is 332 g/mol. The molecule has 0 aliphatic heterocycles. The number of carbonyl (C=O) groups is 1. The molecule has 0 fully saturated rings. The Morgan fingerprint density at radius 1 is 1.42 bits per heavy atom. The summed E-state index contributed by atoms with van der Waals surface area (Å²) in [5.41, 5.74) is -0.205. The molecule has 1 heterocycles. The molecule has 2 aromatic rings. The van der Waals surface area contributed by atoms with Gasteiger partial charge in [-0.1, -0.05) is 32.0 Å². The molecule has 0 atom stereocenters. The minimum absolute atomic E-state index is 0.206. The molecule has 0 unspecified atom stereocenters. The van der Waals surface area contributed by atoms with Gasteiger partial charge in [-0.25, -0.2) is 0 Å². The molecule has 0 saturated carbocycles.